The molecule has 0 saturated carbocycles. The van der Waals surface area contributed by atoms with Gasteiger partial charge in [-0.25, -0.2) is 5.01 Å². The zero-order chi connectivity index (χ0) is 10.0. The van der Waals surface area contributed by atoms with Crippen LogP contribution in [0.3, 0.4) is 0 Å². The first kappa shape index (κ1) is 10.3. The van der Waals surface area contributed by atoms with Crippen LogP contribution in [0.1, 0.15) is 12.8 Å². The SMILES string of the molecule is CN(C)NC1=NC2(CCOCC2)CS1. The summed E-state index contributed by atoms with van der Waals surface area (Å²) in [5.74, 6) is 1.10. The Hall–Kier alpha value is -0.260. The standard InChI is InChI=1S/C9H17N3OS/c1-12(2)11-8-10-9(7-14-8)3-5-13-6-4-9/h3-7H2,1-2H3,(H,10,11). The van der Waals surface area contributed by atoms with E-state index in [1.54, 1.807) is 0 Å². The Morgan fingerprint density at radius 3 is 2.79 bits per heavy atom. The quantitative estimate of drug-likeness (QED) is 0.654. The Labute approximate surface area is 89.1 Å². The number of nitrogens with one attached hydrogen (secondary N) is 1. The molecule has 2 heterocycles. The van der Waals surface area contributed by atoms with Crippen LogP contribution in [-0.2, 0) is 4.74 Å². The molecule has 0 aliphatic carbocycles. The second-order valence-corrected chi connectivity index (χ2v) is 5.01. The van der Waals surface area contributed by atoms with Crippen LogP contribution in [0.5, 0.6) is 0 Å². The van der Waals surface area contributed by atoms with Crippen LogP contribution in [0.2, 0.25) is 0 Å². The minimum Gasteiger partial charge on any atom is -0.381 e. The normalized spacial score (nSPS) is 25.5. The molecule has 0 aromatic heterocycles. The molecule has 0 aromatic carbocycles. The third-order valence-electron chi connectivity index (χ3n) is 2.56. The molecule has 5 heteroatoms. The van der Waals surface area contributed by atoms with E-state index in [1.165, 1.54) is 0 Å². The van der Waals surface area contributed by atoms with Gasteiger partial charge >= 0.3 is 0 Å². The molecule has 2 aliphatic heterocycles. The van der Waals surface area contributed by atoms with Crippen molar-refractivity contribution in [3.8, 4) is 0 Å². The van der Waals surface area contributed by atoms with Gasteiger partial charge in [-0.05, 0) is 12.8 Å². The van der Waals surface area contributed by atoms with Crippen molar-refractivity contribution in [2.24, 2.45) is 4.99 Å². The molecule has 1 N–H and O–H groups in total. The van der Waals surface area contributed by atoms with Crippen LogP contribution >= 0.6 is 11.8 Å². The summed E-state index contributed by atoms with van der Waals surface area (Å²) >= 11 is 1.82. The number of thioether (sulfide) groups is 1. The molecular formula is C9H17N3OS. The van der Waals surface area contributed by atoms with E-state index in [4.69, 9.17) is 9.73 Å². The van der Waals surface area contributed by atoms with Crippen LogP contribution in [-0.4, -0.2) is 48.8 Å². The average Bonchev–Trinajstić information content (AvgIpc) is 2.49. The molecule has 0 amide bonds. The molecule has 0 radical (unpaired) electrons. The van der Waals surface area contributed by atoms with Crippen LogP contribution in [0.15, 0.2) is 4.99 Å². The maximum absolute atomic E-state index is 5.36. The van der Waals surface area contributed by atoms with Gasteiger partial charge in [0.15, 0.2) is 5.17 Å². The summed E-state index contributed by atoms with van der Waals surface area (Å²) in [7, 11) is 3.97. The van der Waals surface area contributed by atoms with Crippen molar-refractivity contribution < 1.29 is 4.74 Å². The number of rotatable bonds is 1. The Bertz CT molecular complexity index is 236. The van der Waals surface area contributed by atoms with Crippen molar-refractivity contribution in [1.82, 2.24) is 10.4 Å². The first-order valence-corrected chi connectivity index (χ1v) is 5.93. The van der Waals surface area contributed by atoms with Crippen molar-refractivity contribution >= 4 is 16.9 Å². The van der Waals surface area contributed by atoms with E-state index >= 15 is 0 Å². The van der Waals surface area contributed by atoms with E-state index in [1.807, 2.05) is 30.9 Å². The van der Waals surface area contributed by atoms with Gasteiger partial charge in [-0.2, -0.15) is 0 Å². The molecule has 1 saturated heterocycles. The van der Waals surface area contributed by atoms with Gasteiger partial charge in [0.05, 0.1) is 5.54 Å². The van der Waals surface area contributed by atoms with Crippen molar-refractivity contribution in [2.75, 3.05) is 33.1 Å². The summed E-state index contributed by atoms with van der Waals surface area (Å²) in [5, 5.41) is 2.99. The molecule has 14 heavy (non-hydrogen) atoms. The molecule has 2 aliphatic rings. The van der Waals surface area contributed by atoms with Gasteiger partial charge < -0.3 is 4.74 Å². The van der Waals surface area contributed by atoms with Crippen LogP contribution in [0.25, 0.3) is 0 Å². The van der Waals surface area contributed by atoms with Gasteiger partial charge in [0.1, 0.15) is 0 Å². The lowest BCUT2D eigenvalue weighted by atomic mass is 9.93. The Morgan fingerprint density at radius 1 is 1.43 bits per heavy atom. The zero-order valence-electron chi connectivity index (χ0n) is 8.75. The fraction of sp³-hybridized carbons (Fsp3) is 0.889. The van der Waals surface area contributed by atoms with E-state index in [-0.39, 0.29) is 5.54 Å². The van der Waals surface area contributed by atoms with Crippen LogP contribution in [0, 0.1) is 0 Å². The fourth-order valence-corrected chi connectivity index (χ4v) is 3.00. The van der Waals surface area contributed by atoms with E-state index in [0.29, 0.717) is 0 Å². The number of ether oxygens (including phenoxy) is 1. The Balaban J connectivity index is 1.99. The van der Waals surface area contributed by atoms with Gasteiger partial charge in [0.2, 0.25) is 0 Å². The molecule has 0 atom stereocenters. The van der Waals surface area contributed by atoms with Gasteiger partial charge in [-0.15, -0.1) is 0 Å². The minimum atomic E-state index is 0.168. The minimum absolute atomic E-state index is 0.168. The number of hydrogen-bond donors (Lipinski definition) is 1. The predicted molar refractivity (Wildman–Crippen MR) is 59.5 cm³/mol. The monoisotopic (exact) mass is 215 g/mol. The van der Waals surface area contributed by atoms with Crippen molar-refractivity contribution in [3.05, 3.63) is 0 Å². The highest BCUT2D eigenvalue weighted by Gasteiger charge is 2.37. The van der Waals surface area contributed by atoms with E-state index in [0.717, 1.165) is 37.0 Å². The van der Waals surface area contributed by atoms with Gasteiger partial charge in [-0.1, -0.05) is 11.8 Å². The maximum atomic E-state index is 5.36. The summed E-state index contributed by atoms with van der Waals surface area (Å²) in [5.41, 5.74) is 3.39. The van der Waals surface area contributed by atoms with E-state index < -0.39 is 0 Å². The predicted octanol–water partition coefficient (Wildman–Crippen LogP) is 0.705. The molecule has 0 aromatic rings. The highest BCUT2D eigenvalue weighted by molar-refractivity contribution is 8.14. The molecule has 0 unspecified atom stereocenters. The average molecular weight is 215 g/mol. The molecule has 2 rings (SSSR count). The largest absolute Gasteiger partial charge is 0.381 e. The summed E-state index contributed by atoms with van der Waals surface area (Å²) in [6.07, 6.45) is 2.14. The second kappa shape index (κ2) is 4.08. The zero-order valence-corrected chi connectivity index (χ0v) is 9.56. The lowest BCUT2D eigenvalue weighted by Crippen LogP contribution is -2.36. The summed E-state index contributed by atoms with van der Waals surface area (Å²) in [6, 6.07) is 0. The van der Waals surface area contributed by atoms with Crippen LogP contribution < -0.4 is 5.43 Å². The summed E-state index contributed by atoms with van der Waals surface area (Å²) in [6.45, 7) is 1.72. The van der Waals surface area contributed by atoms with Gasteiger partial charge in [0.25, 0.3) is 0 Å². The van der Waals surface area contributed by atoms with Crippen LogP contribution in [0.4, 0.5) is 0 Å². The van der Waals surface area contributed by atoms with Gasteiger partial charge in [-0.3, -0.25) is 10.4 Å². The third-order valence-corrected chi connectivity index (χ3v) is 3.70. The van der Waals surface area contributed by atoms with Gasteiger partial charge in [0, 0.05) is 33.1 Å². The third kappa shape index (κ3) is 2.21. The number of hydrazine groups is 1. The first-order chi connectivity index (χ1) is 6.70. The number of hydrogen-bond acceptors (Lipinski definition) is 5. The molecule has 80 valence electrons. The molecule has 1 fully saturated rings. The number of nitrogens with zero attached hydrogens (tertiary/aromatic N) is 2. The molecule has 1 spiro atoms. The van der Waals surface area contributed by atoms with Crippen molar-refractivity contribution in [1.29, 1.82) is 0 Å². The first-order valence-electron chi connectivity index (χ1n) is 4.95. The second-order valence-electron chi connectivity index (χ2n) is 4.05. The fourth-order valence-electron chi connectivity index (χ4n) is 1.74. The van der Waals surface area contributed by atoms with Crippen molar-refractivity contribution in [2.45, 2.75) is 18.4 Å². The maximum Gasteiger partial charge on any atom is 0.171 e. The number of aliphatic imine (C=N–C) groups is 1. The summed E-state index contributed by atoms with van der Waals surface area (Å²) in [4.78, 5) is 4.77. The topological polar surface area (TPSA) is 36.9 Å². The lowest BCUT2D eigenvalue weighted by Gasteiger charge is -2.29. The summed E-state index contributed by atoms with van der Waals surface area (Å²) < 4.78 is 5.36. The molecule has 0 bridgehead atoms. The molecule has 4 nitrogen and oxygen atoms in total. The highest BCUT2D eigenvalue weighted by atomic mass is 32.2. The Kier molecular flexibility index (Phi) is 2.99. The Morgan fingerprint density at radius 2 is 2.14 bits per heavy atom. The lowest BCUT2D eigenvalue weighted by molar-refractivity contribution is 0.0623. The van der Waals surface area contributed by atoms with Crippen molar-refractivity contribution in [3.63, 3.8) is 0 Å². The highest BCUT2D eigenvalue weighted by Crippen LogP contribution is 2.35. The van der Waals surface area contributed by atoms with E-state index in [2.05, 4.69) is 5.43 Å². The smallest absolute Gasteiger partial charge is 0.171 e. The number of amidine groups is 1. The van der Waals surface area contributed by atoms with E-state index in [9.17, 15) is 0 Å². The molecular weight excluding hydrogens is 198 g/mol.